The van der Waals surface area contributed by atoms with Crippen LogP contribution in [0.3, 0.4) is 0 Å². The Hall–Kier alpha value is -3.63. The van der Waals surface area contributed by atoms with Crippen LogP contribution in [0.2, 0.25) is 0 Å². The molecule has 0 aromatic heterocycles. The van der Waals surface area contributed by atoms with Gasteiger partial charge in [-0.25, -0.2) is 0 Å². The number of nitrogens with one attached hydrogen (secondary N) is 3. The van der Waals surface area contributed by atoms with E-state index in [9.17, 15) is 24.6 Å². The summed E-state index contributed by atoms with van der Waals surface area (Å²) in [6.45, 7) is 3.91. The van der Waals surface area contributed by atoms with E-state index in [0.29, 0.717) is 25.9 Å². The summed E-state index contributed by atoms with van der Waals surface area (Å²) in [5, 5.41) is 30.5. The molecular weight excluding hydrogens is 584 g/mol. The molecule has 0 saturated heterocycles. The first-order valence-electron chi connectivity index (χ1n) is 16.9. The summed E-state index contributed by atoms with van der Waals surface area (Å²) >= 11 is 0. The van der Waals surface area contributed by atoms with Crippen LogP contribution in [-0.4, -0.2) is 82.8 Å². The third kappa shape index (κ3) is 8.20. The number of phenols is 1. The highest BCUT2D eigenvalue weighted by atomic mass is 16.5. The molecule has 4 atom stereocenters. The lowest BCUT2D eigenvalue weighted by Crippen LogP contribution is -2.64. The van der Waals surface area contributed by atoms with E-state index in [0.717, 1.165) is 61.8 Å². The zero-order valence-electron chi connectivity index (χ0n) is 27.4. The summed E-state index contributed by atoms with van der Waals surface area (Å²) < 4.78 is 6.57. The number of hydrogen-bond donors (Lipinski definition) is 5. The Morgan fingerprint density at radius 1 is 0.913 bits per heavy atom. The van der Waals surface area contributed by atoms with Crippen molar-refractivity contribution in [2.75, 3.05) is 20.1 Å². The second-order valence-corrected chi connectivity index (χ2v) is 13.8. The molecule has 250 valence electrons. The summed E-state index contributed by atoms with van der Waals surface area (Å²) in [6, 6.07) is 9.95. The van der Waals surface area contributed by atoms with E-state index in [1.54, 1.807) is 19.2 Å². The van der Waals surface area contributed by atoms with Gasteiger partial charge in [0, 0.05) is 26.6 Å². The second kappa shape index (κ2) is 14.9. The number of benzene rings is 2. The Kier molecular flexibility index (Phi) is 10.9. The van der Waals surface area contributed by atoms with E-state index in [1.165, 1.54) is 36.4 Å². The maximum Gasteiger partial charge on any atom is 0.246 e. The average Bonchev–Trinajstić information content (AvgIpc) is 3.03. The van der Waals surface area contributed by atoms with Crippen molar-refractivity contribution in [3.05, 3.63) is 59.2 Å². The van der Waals surface area contributed by atoms with Crippen LogP contribution in [-0.2, 0) is 33.6 Å². The van der Waals surface area contributed by atoms with Crippen LogP contribution in [0.25, 0.3) is 0 Å². The lowest BCUT2D eigenvalue weighted by Gasteiger charge is -2.40. The van der Waals surface area contributed by atoms with E-state index >= 15 is 0 Å². The van der Waals surface area contributed by atoms with Crippen LogP contribution in [0.5, 0.6) is 11.5 Å². The molecule has 10 heteroatoms. The number of carbonyl (C=O) groups excluding carboxylic acids is 3. The first-order valence-corrected chi connectivity index (χ1v) is 16.9. The molecular formula is C36H50N4O6. The van der Waals surface area contributed by atoms with Crippen molar-refractivity contribution in [2.24, 2.45) is 5.92 Å². The number of nitrogens with zero attached hydrogens (tertiary/aromatic N) is 1. The quantitative estimate of drug-likeness (QED) is 0.348. The smallest absolute Gasteiger partial charge is 0.246 e. The van der Waals surface area contributed by atoms with Gasteiger partial charge in [0.25, 0.3) is 0 Å². The highest BCUT2D eigenvalue weighted by molar-refractivity contribution is 5.94. The fourth-order valence-corrected chi connectivity index (χ4v) is 7.31. The number of fused-ring (bicyclic) bond motifs is 1. The standard InChI is InChI=1S/C36H50N4O6/c1-36(2,45)32-34(43)39-29(21-23-14-17-27(41)18-15-23)33(42)37-20-8-13-25-11-7-12-26-16-19-28(46-31(25)26)22-38-30(35(44)40(32)3)24-9-5-4-6-10-24/h7,11-12,14-15,17-18,24,28-30,32,38,41,45H,4-6,8-10,13,16,19-22H2,1-3H3,(H,37,42)(H,39,43)/t28?,29-,30+,32-/m1/s1. The van der Waals surface area contributed by atoms with Crippen LogP contribution >= 0.6 is 0 Å². The number of carbonyl (C=O) groups is 3. The van der Waals surface area contributed by atoms with Crippen molar-refractivity contribution in [2.45, 2.75) is 108 Å². The molecule has 0 radical (unpaired) electrons. The minimum Gasteiger partial charge on any atom is -0.508 e. The predicted octanol–water partition coefficient (Wildman–Crippen LogP) is 3.01. The predicted molar refractivity (Wildman–Crippen MR) is 175 cm³/mol. The van der Waals surface area contributed by atoms with Crippen LogP contribution in [0.1, 0.15) is 75.5 Å². The number of aromatic hydroxyl groups is 1. The van der Waals surface area contributed by atoms with E-state index in [4.69, 9.17) is 4.74 Å². The van der Waals surface area contributed by atoms with Gasteiger partial charge < -0.3 is 35.8 Å². The first kappa shape index (κ1) is 33.7. The summed E-state index contributed by atoms with van der Waals surface area (Å²) in [4.78, 5) is 43.3. The zero-order valence-corrected chi connectivity index (χ0v) is 27.4. The van der Waals surface area contributed by atoms with Crippen molar-refractivity contribution in [3.8, 4) is 11.5 Å². The summed E-state index contributed by atoms with van der Waals surface area (Å²) in [5.74, 6) is -0.123. The number of rotatable bonds is 4. The Bertz CT molecular complexity index is 1370. The monoisotopic (exact) mass is 634 g/mol. The molecule has 2 aromatic carbocycles. The van der Waals surface area contributed by atoms with Crippen molar-refractivity contribution in [1.29, 1.82) is 0 Å². The molecule has 0 spiro atoms. The summed E-state index contributed by atoms with van der Waals surface area (Å²) in [7, 11) is 1.56. The molecule has 3 amide bonds. The van der Waals surface area contributed by atoms with Crippen LogP contribution < -0.4 is 20.7 Å². The van der Waals surface area contributed by atoms with E-state index in [-0.39, 0.29) is 36.0 Å². The van der Waals surface area contributed by atoms with Gasteiger partial charge in [-0.3, -0.25) is 14.4 Å². The molecule has 1 saturated carbocycles. The lowest BCUT2D eigenvalue weighted by atomic mass is 9.82. The Morgan fingerprint density at radius 3 is 2.30 bits per heavy atom. The molecule has 2 bridgehead atoms. The van der Waals surface area contributed by atoms with Gasteiger partial charge in [-0.1, -0.05) is 49.6 Å². The maximum atomic E-state index is 14.3. The van der Waals surface area contributed by atoms with E-state index < -0.39 is 29.6 Å². The van der Waals surface area contributed by atoms with Gasteiger partial charge in [0.2, 0.25) is 17.7 Å². The Morgan fingerprint density at radius 2 is 1.61 bits per heavy atom. The minimum atomic E-state index is -1.60. The SMILES string of the molecule is CN1C(=O)[C@H](C2CCCCC2)NCC2CCc3cccc(c3O2)CCCNC(=O)[C@@H](Cc2ccc(O)cc2)NC(=O)[C@@H]1C(C)(C)O. The molecule has 1 aliphatic carbocycles. The second-order valence-electron chi connectivity index (χ2n) is 13.8. The number of hydrogen-bond acceptors (Lipinski definition) is 7. The fourth-order valence-electron chi connectivity index (χ4n) is 7.31. The first-order chi connectivity index (χ1) is 22.0. The molecule has 2 aromatic rings. The van der Waals surface area contributed by atoms with Crippen LogP contribution in [0.15, 0.2) is 42.5 Å². The highest BCUT2D eigenvalue weighted by Gasteiger charge is 2.43. The third-order valence-corrected chi connectivity index (χ3v) is 9.73. The van der Waals surface area contributed by atoms with Crippen LogP contribution in [0, 0.1) is 5.92 Å². The number of amides is 3. The van der Waals surface area contributed by atoms with Gasteiger partial charge in [0.1, 0.15) is 29.7 Å². The van der Waals surface area contributed by atoms with Gasteiger partial charge >= 0.3 is 0 Å². The number of ether oxygens (including phenoxy) is 1. The number of aliphatic hydroxyl groups is 1. The van der Waals surface area contributed by atoms with E-state index in [1.807, 2.05) is 0 Å². The zero-order chi connectivity index (χ0) is 32.8. The molecule has 3 aliphatic rings. The van der Waals surface area contributed by atoms with Gasteiger partial charge in [-0.15, -0.1) is 0 Å². The Labute approximate surface area is 272 Å². The van der Waals surface area contributed by atoms with Gasteiger partial charge in [0.15, 0.2) is 0 Å². The summed E-state index contributed by atoms with van der Waals surface area (Å²) in [5.41, 5.74) is 1.42. The topological polar surface area (TPSA) is 140 Å². The van der Waals surface area contributed by atoms with E-state index in [2.05, 4.69) is 34.1 Å². The highest BCUT2D eigenvalue weighted by Crippen LogP contribution is 2.33. The molecule has 1 unspecified atom stereocenters. The van der Waals surface area contributed by atoms with Crippen LogP contribution in [0.4, 0.5) is 0 Å². The molecule has 46 heavy (non-hydrogen) atoms. The number of likely N-dealkylation sites (N-methyl/N-ethyl adjacent to an activating group) is 1. The Balaban J connectivity index is 1.48. The number of aryl methyl sites for hydroxylation is 2. The average molecular weight is 635 g/mol. The number of phenolic OH excluding ortho intramolecular Hbond substituents is 1. The normalized spacial score (nSPS) is 25.9. The molecule has 5 N–H and O–H groups in total. The third-order valence-electron chi connectivity index (χ3n) is 9.73. The van der Waals surface area contributed by atoms with Crippen molar-refractivity contribution < 1.29 is 29.3 Å². The fraction of sp³-hybridized carbons (Fsp3) is 0.583. The van der Waals surface area contributed by atoms with Gasteiger partial charge in [-0.05, 0) is 87.1 Å². The lowest BCUT2D eigenvalue weighted by molar-refractivity contribution is -0.151. The number of para-hydroxylation sites is 1. The van der Waals surface area contributed by atoms with Gasteiger partial charge in [0.05, 0.1) is 11.6 Å². The molecule has 1 fully saturated rings. The molecule has 2 aliphatic heterocycles. The van der Waals surface area contributed by atoms with Gasteiger partial charge in [-0.2, -0.15) is 0 Å². The maximum absolute atomic E-state index is 14.3. The minimum absolute atomic E-state index is 0.0965. The van der Waals surface area contributed by atoms with Crippen molar-refractivity contribution in [3.63, 3.8) is 0 Å². The van der Waals surface area contributed by atoms with Crippen molar-refractivity contribution >= 4 is 17.7 Å². The molecule has 2 heterocycles. The largest absolute Gasteiger partial charge is 0.508 e. The summed E-state index contributed by atoms with van der Waals surface area (Å²) in [6.07, 6.45) is 8.21. The molecule has 5 rings (SSSR count). The van der Waals surface area contributed by atoms with Crippen molar-refractivity contribution in [1.82, 2.24) is 20.9 Å². The molecule has 10 nitrogen and oxygen atoms in total.